The van der Waals surface area contributed by atoms with Crippen molar-refractivity contribution in [2.24, 2.45) is 7.05 Å². The second-order valence-corrected chi connectivity index (χ2v) is 4.41. The summed E-state index contributed by atoms with van der Waals surface area (Å²) in [5, 5.41) is 0.475. The van der Waals surface area contributed by atoms with Crippen molar-refractivity contribution in [1.82, 2.24) is 9.13 Å². The molecule has 0 amide bonds. The van der Waals surface area contributed by atoms with Gasteiger partial charge in [0.2, 0.25) is 0 Å². The Hall–Kier alpha value is -2.01. The molecule has 0 bridgehead atoms. The Kier molecular flexibility index (Phi) is 3.25. The van der Waals surface area contributed by atoms with Gasteiger partial charge >= 0.3 is 11.1 Å². The van der Waals surface area contributed by atoms with E-state index in [1.807, 2.05) is 0 Å². The summed E-state index contributed by atoms with van der Waals surface area (Å²) >= 11 is 6.02. The molecule has 2 aromatic rings. The lowest BCUT2D eigenvalue weighted by Gasteiger charge is -2.08. The molecule has 0 unspecified atom stereocenters. The van der Waals surface area contributed by atoms with Crippen LogP contribution >= 0.6 is 11.6 Å². The van der Waals surface area contributed by atoms with Gasteiger partial charge in [-0.05, 0) is 17.7 Å². The Labute approximate surface area is 108 Å². The van der Waals surface area contributed by atoms with Gasteiger partial charge in [-0.25, -0.2) is 0 Å². The molecule has 94 valence electrons. The van der Waals surface area contributed by atoms with Crippen LogP contribution in [0, 0.1) is 0 Å². The van der Waals surface area contributed by atoms with Crippen molar-refractivity contribution in [3.8, 4) is 0 Å². The predicted octanol–water partition coefficient (Wildman–Crippen LogP) is 0.831. The van der Waals surface area contributed by atoms with Crippen molar-refractivity contribution in [2.45, 2.75) is 6.54 Å². The number of aromatic nitrogens is 2. The van der Waals surface area contributed by atoms with Crippen LogP contribution in [-0.4, -0.2) is 9.13 Å². The number of rotatable bonds is 2. The molecule has 0 saturated carbocycles. The summed E-state index contributed by atoms with van der Waals surface area (Å²) in [6, 6.07) is 5.05. The first-order valence-electron chi connectivity index (χ1n) is 5.29. The normalized spacial score (nSPS) is 10.6. The van der Waals surface area contributed by atoms with Gasteiger partial charge in [0.25, 0.3) is 0 Å². The van der Waals surface area contributed by atoms with Gasteiger partial charge in [-0.3, -0.25) is 9.59 Å². The van der Waals surface area contributed by atoms with Crippen LogP contribution in [0.2, 0.25) is 5.02 Å². The molecule has 0 fully saturated rings. The van der Waals surface area contributed by atoms with E-state index in [9.17, 15) is 9.59 Å². The van der Waals surface area contributed by atoms with Crippen LogP contribution in [-0.2, 0) is 13.6 Å². The summed E-state index contributed by atoms with van der Waals surface area (Å²) in [5.41, 5.74) is 5.74. The minimum atomic E-state index is -0.576. The number of nitrogens with two attached hydrogens (primary N) is 1. The van der Waals surface area contributed by atoms with E-state index >= 15 is 0 Å². The van der Waals surface area contributed by atoms with E-state index in [1.165, 1.54) is 22.4 Å². The number of anilines is 1. The van der Waals surface area contributed by atoms with Gasteiger partial charge in [0, 0.05) is 30.2 Å². The molecular weight excluding hydrogens is 254 g/mol. The first-order chi connectivity index (χ1) is 8.49. The number of halogens is 1. The highest BCUT2D eigenvalue weighted by molar-refractivity contribution is 6.31. The summed E-state index contributed by atoms with van der Waals surface area (Å²) in [6.07, 6.45) is 3.09. The van der Waals surface area contributed by atoms with Gasteiger partial charge < -0.3 is 14.9 Å². The highest BCUT2D eigenvalue weighted by Gasteiger charge is 2.06. The molecule has 6 heteroatoms. The van der Waals surface area contributed by atoms with E-state index in [4.69, 9.17) is 17.3 Å². The minimum absolute atomic E-state index is 0.244. The van der Waals surface area contributed by atoms with Crippen LogP contribution in [0.1, 0.15) is 5.56 Å². The molecule has 0 aliphatic carbocycles. The molecule has 18 heavy (non-hydrogen) atoms. The van der Waals surface area contributed by atoms with Gasteiger partial charge in [0.1, 0.15) is 0 Å². The van der Waals surface area contributed by atoms with E-state index in [0.717, 1.165) is 5.56 Å². The van der Waals surface area contributed by atoms with Gasteiger partial charge in [-0.2, -0.15) is 0 Å². The standard InChI is InChI=1S/C12H12ClN3O2/c1-15-4-5-16(12(18)11(15)17)7-8-2-3-9(14)6-10(8)13/h2-6H,7,14H2,1H3. The SMILES string of the molecule is Cn1ccn(Cc2ccc(N)cc2Cl)c(=O)c1=O. The fraction of sp³-hybridized carbons (Fsp3) is 0.167. The molecule has 0 radical (unpaired) electrons. The first kappa shape index (κ1) is 12.4. The third kappa shape index (κ3) is 2.31. The van der Waals surface area contributed by atoms with Crippen molar-refractivity contribution in [2.75, 3.05) is 5.73 Å². The van der Waals surface area contributed by atoms with Crippen molar-refractivity contribution in [1.29, 1.82) is 0 Å². The fourth-order valence-corrected chi connectivity index (χ4v) is 1.84. The Morgan fingerprint density at radius 3 is 2.61 bits per heavy atom. The average molecular weight is 266 g/mol. The molecule has 1 heterocycles. The van der Waals surface area contributed by atoms with E-state index < -0.39 is 11.1 Å². The molecule has 1 aromatic heterocycles. The lowest BCUT2D eigenvalue weighted by atomic mass is 10.2. The molecule has 2 rings (SSSR count). The van der Waals surface area contributed by atoms with E-state index in [-0.39, 0.29) is 6.54 Å². The highest BCUT2D eigenvalue weighted by atomic mass is 35.5. The zero-order valence-corrected chi connectivity index (χ0v) is 10.5. The van der Waals surface area contributed by atoms with Crippen LogP contribution in [0.25, 0.3) is 0 Å². The molecule has 0 spiro atoms. The quantitative estimate of drug-likeness (QED) is 0.646. The first-order valence-corrected chi connectivity index (χ1v) is 5.67. The maximum absolute atomic E-state index is 11.7. The monoisotopic (exact) mass is 265 g/mol. The number of nitrogens with zero attached hydrogens (tertiary/aromatic N) is 2. The van der Waals surface area contributed by atoms with Crippen LogP contribution in [0.5, 0.6) is 0 Å². The van der Waals surface area contributed by atoms with Gasteiger partial charge in [0.05, 0.1) is 6.54 Å². The number of nitrogen functional groups attached to an aromatic ring is 1. The number of aryl methyl sites for hydroxylation is 1. The van der Waals surface area contributed by atoms with E-state index in [2.05, 4.69) is 0 Å². The van der Waals surface area contributed by atoms with E-state index in [1.54, 1.807) is 24.4 Å². The van der Waals surface area contributed by atoms with Crippen molar-refractivity contribution < 1.29 is 0 Å². The smallest absolute Gasteiger partial charge is 0.316 e. The largest absolute Gasteiger partial charge is 0.399 e. The van der Waals surface area contributed by atoms with Crippen LogP contribution < -0.4 is 16.9 Å². The van der Waals surface area contributed by atoms with Gasteiger partial charge in [0.15, 0.2) is 0 Å². The van der Waals surface area contributed by atoms with Crippen molar-refractivity contribution in [3.05, 3.63) is 61.9 Å². The van der Waals surface area contributed by atoms with Crippen LogP contribution in [0.15, 0.2) is 40.2 Å². The maximum Gasteiger partial charge on any atom is 0.316 e. The summed E-state index contributed by atoms with van der Waals surface area (Å²) < 4.78 is 2.56. The van der Waals surface area contributed by atoms with Crippen LogP contribution in [0.3, 0.4) is 0 Å². The Balaban J connectivity index is 2.44. The number of hydrogen-bond acceptors (Lipinski definition) is 3. The Bertz CT molecular complexity index is 703. The second-order valence-electron chi connectivity index (χ2n) is 4.00. The molecule has 0 aliphatic rings. The number of hydrogen-bond donors (Lipinski definition) is 1. The maximum atomic E-state index is 11.7. The topological polar surface area (TPSA) is 70.0 Å². The van der Waals surface area contributed by atoms with Gasteiger partial charge in [-0.1, -0.05) is 17.7 Å². The van der Waals surface area contributed by atoms with Gasteiger partial charge in [-0.15, -0.1) is 0 Å². The molecule has 5 nitrogen and oxygen atoms in total. The minimum Gasteiger partial charge on any atom is -0.399 e. The summed E-state index contributed by atoms with van der Waals surface area (Å²) in [5.74, 6) is 0. The summed E-state index contributed by atoms with van der Waals surface area (Å²) in [6.45, 7) is 0.244. The van der Waals surface area contributed by atoms with Crippen molar-refractivity contribution in [3.63, 3.8) is 0 Å². The molecule has 0 atom stereocenters. The summed E-state index contributed by atoms with van der Waals surface area (Å²) in [4.78, 5) is 23.2. The lowest BCUT2D eigenvalue weighted by Crippen LogP contribution is -2.39. The Morgan fingerprint density at radius 2 is 1.94 bits per heavy atom. The molecule has 1 aromatic carbocycles. The summed E-state index contributed by atoms with van der Waals surface area (Å²) in [7, 11) is 1.53. The zero-order chi connectivity index (χ0) is 13.3. The predicted molar refractivity (Wildman–Crippen MR) is 70.9 cm³/mol. The number of benzene rings is 1. The zero-order valence-electron chi connectivity index (χ0n) is 9.76. The van der Waals surface area contributed by atoms with Crippen LogP contribution in [0.4, 0.5) is 5.69 Å². The third-order valence-corrected chi connectivity index (χ3v) is 3.00. The molecule has 2 N–H and O–H groups in total. The molecule has 0 saturated heterocycles. The average Bonchev–Trinajstić information content (AvgIpc) is 2.33. The van der Waals surface area contributed by atoms with Crippen molar-refractivity contribution >= 4 is 17.3 Å². The fourth-order valence-electron chi connectivity index (χ4n) is 1.59. The molecule has 0 aliphatic heterocycles. The molecular formula is C12H12ClN3O2. The van der Waals surface area contributed by atoms with E-state index in [0.29, 0.717) is 10.7 Å². The highest BCUT2D eigenvalue weighted by Crippen LogP contribution is 2.19. The second kappa shape index (κ2) is 4.70. The Morgan fingerprint density at radius 1 is 1.22 bits per heavy atom. The lowest BCUT2D eigenvalue weighted by molar-refractivity contribution is 0.695. The third-order valence-electron chi connectivity index (χ3n) is 2.65.